The van der Waals surface area contributed by atoms with Gasteiger partial charge in [0, 0.05) is 18.7 Å². The molecule has 0 bridgehead atoms. The fourth-order valence-corrected chi connectivity index (χ4v) is 4.40. The van der Waals surface area contributed by atoms with Gasteiger partial charge >= 0.3 is 0 Å². The third-order valence-electron chi connectivity index (χ3n) is 5.98. The number of piperidine rings is 1. The number of nitrogens with zero attached hydrogens (tertiary/aromatic N) is 2. The van der Waals surface area contributed by atoms with Gasteiger partial charge in [0.15, 0.2) is 0 Å². The van der Waals surface area contributed by atoms with Gasteiger partial charge in [0.1, 0.15) is 6.67 Å². The van der Waals surface area contributed by atoms with E-state index in [-0.39, 0.29) is 17.9 Å². The molecule has 154 valence electrons. The zero-order chi connectivity index (χ0) is 20.1. The molecule has 2 aliphatic rings. The van der Waals surface area contributed by atoms with Crippen LogP contribution in [-0.4, -0.2) is 67.1 Å². The Kier molecular flexibility index (Phi) is 7.05. The predicted octanol–water partition coefficient (Wildman–Crippen LogP) is 2.71. The Morgan fingerprint density at radius 2 is 1.75 bits per heavy atom. The van der Waals surface area contributed by atoms with Crippen LogP contribution in [-0.2, 0) is 4.79 Å². The summed E-state index contributed by atoms with van der Waals surface area (Å²) in [6, 6.07) is 5.68. The van der Waals surface area contributed by atoms with E-state index in [1.165, 1.54) is 0 Å². The molecule has 0 saturated carbocycles. The standard InChI is InChI=1S/C22H32FN3O2/c1-16-10-17(2)12-19(11-16)22(28)24-14-18-5-8-25(9-6-18)15-21(27)26-7-3-4-20(26)13-23/h10-12,18,20H,3-9,13-15H2,1-2H3,(H,24,28)/t20-/m0/s1. The number of rotatable bonds is 6. The molecule has 0 spiro atoms. The van der Waals surface area contributed by atoms with E-state index < -0.39 is 6.67 Å². The lowest BCUT2D eigenvalue weighted by atomic mass is 9.96. The minimum atomic E-state index is -0.437. The molecule has 2 amide bonds. The highest BCUT2D eigenvalue weighted by Gasteiger charge is 2.30. The molecule has 3 rings (SSSR count). The van der Waals surface area contributed by atoms with Crippen molar-refractivity contribution in [2.75, 3.05) is 39.4 Å². The molecule has 0 radical (unpaired) electrons. The number of benzene rings is 1. The Hall–Kier alpha value is -1.95. The van der Waals surface area contributed by atoms with E-state index in [1.54, 1.807) is 4.90 Å². The number of carbonyl (C=O) groups excluding carboxylic acids is 2. The minimum absolute atomic E-state index is 0.0179. The monoisotopic (exact) mass is 389 g/mol. The molecule has 0 unspecified atom stereocenters. The highest BCUT2D eigenvalue weighted by molar-refractivity contribution is 5.94. The quantitative estimate of drug-likeness (QED) is 0.814. The average Bonchev–Trinajstić information content (AvgIpc) is 3.15. The summed E-state index contributed by atoms with van der Waals surface area (Å²) in [4.78, 5) is 28.7. The first-order valence-corrected chi connectivity index (χ1v) is 10.4. The van der Waals surface area contributed by atoms with Crippen LogP contribution in [0, 0.1) is 19.8 Å². The van der Waals surface area contributed by atoms with Gasteiger partial charge < -0.3 is 10.2 Å². The minimum Gasteiger partial charge on any atom is -0.352 e. The topological polar surface area (TPSA) is 52.7 Å². The van der Waals surface area contributed by atoms with Crippen molar-refractivity contribution in [3.63, 3.8) is 0 Å². The Morgan fingerprint density at radius 1 is 1.07 bits per heavy atom. The second-order valence-corrected chi connectivity index (χ2v) is 8.34. The summed E-state index contributed by atoms with van der Waals surface area (Å²) in [6.07, 6.45) is 3.62. The fourth-order valence-electron chi connectivity index (χ4n) is 4.40. The number of likely N-dealkylation sites (tertiary alicyclic amines) is 2. The van der Waals surface area contributed by atoms with Gasteiger partial charge in [-0.25, -0.2) is 4.39 Å². The van der Waals surface area contributed by atoms with Crippen LogP contribution < -0.4 is 5.32 Å². The molecule has 2 fully saturated rings. The molecule has 1 N–H and O–H groups in total. The Bertz CT molecular complexity index is 681. The van der Waals surface area contributed by atoms with Crippen molar-refractivity contribution in [3.05, 3.63) is 34.9 Å². The van der Waals surface area contributed by atoms with Crippen molar-refractivity contribution in [1.29, 1.82) is 0 Å². The maximum Gasteiger partial charge on any atom is 0.251 e. The summed E-state index contributed by atoms with van der Waals surface area (Å²) in [7, 11) is 0. The molecule has 1 aromatic rings. The van der Waals surface area contributed by atoms with Crippen LogP contribution in [0.2, 0.25) is 0 Å². The highest BCUT2D eigenvalue weighted by Crippen LogP contribution is 2.20. The lowest BCUT2D eigenvalue weighted by molar-refractivity contribution is -0.133. The van der Waals surface area contributed by atoms with Gasteiger partial charge in [0.05, 0.1) is 12.6 Å². The van der Waals surface area contributed by atoms with Crippen LogP contribution in [0.5, 0.6) is 0 Å². The lowest BCUT2D eigenvalue weighted by Crippen LogP contribution is -2.46. The first kappa shape index (κ1) is 20.8. The molecular formula is C22H32FN3O2. The van der Waals surface area contributed by atoms with Crippen LogP contribution in [0.3, 0.4) is 0 Å². The zero-order valence-corrected chi connectivity index (χ0v) is 17.0. The van der Waals surface area contributed by atoms with Crippen LogP contribution in [0.4, 0.5) is 4.39 Å². The maximum absolute atomic E-state index is 13.0. The summed E-state index contributed by atoms with van der Waals surface area (Å²) >= 11 is 0. The molecule has 28 heavy (non-hydrogen) atoms. The number of nitrogens with one attached hydrogen (secondary N) is 1. The van der Waals surface area contributed by atoms with Crippen LogP contribution in [0.15, 0.2) is 18.2 Å². The average molecular weight is 390 g/mol. The fraction of sp³-hybridized carbons (Fsp3) is 0.636. The summed E-state index contributed by atoms with van der Waals surface area (Å²) in [6.45, 7) is 7.01. The number of amides is 2. The number of hydrogen-bond acceptors (Lipinski definition) is 3. The Morgan fingerprint density at radius 3 is 2.39 bits per heavy atom. The summed E-state index contributed by atoms with van der Waals surface area (Å²) in [5, 5.41) is 3.06. The van der Waals surface area contributed by atoms with E-state index in [9.17, 15) is 14.0 Å². The van der Waals surface area contributed by atoms with Crippen LogP contribution in [0.25, 0.3) is 0 Å². The maximum atomic E-state index is 13.0. The van der Waals surface area contributed by atoms with Crippen molar-refractivity contribution < 1.29 is 14.0 Å². The van der Waals surface area contributed by atoms with Gasteiger partial charge in [-0.2, -0.15) is 0 Å². The lowest BCUT2D eigenvalue weighted by Gasteiger charge is -2.33. The van der Waals surface area contributed by atoms with Gasteiger partial charge in [-0.15, -0.1) is 0 Å². The molecule has 6 heteroatoms. The second kappa shape index (κ2) is 9.50. The van der Waals surface area contributed by atoms with Gasteiger partial charge in [-0.1, -0.05) is 17.2 Å². The van der Waals surface area contributed by atoms with Crippen LogP contribution in [0.1, 0.15) is 47.2 Å². The van der Waals surface area contributed by atoms with Crippen molar-refractivity contribution in [1.82, 2.24) is 15.1 Å². The number of carbonyl (C=O) groups is 2. The first-order chi connectivity index (χ1) is 13.5. The second-order valence-electron chi connectivity index (χ2n) is 8.34. The SMILES string of the molecule is Cc1cc(C)cc(C(=O)NCC2CCN(CC(=O)N3CCC[C@H]3CF)CC2)c1. The van der Waals surface area contributed by atoms with E-state index >= 15 is 0 Å². The third-order valence-corrected chi connectivity index (χ3v) is 5.98. The van der Waals surface area contributed by atoms with Crippen molar-refractivity contribution in [2.45, 2.75) is 45.6 Å². The molecule has 2 saturated heterocycles. The van der Waals surface area contributed by atoms with E-state index in [1.807, 2.05) is 26.0 Å². The normalized spacial score (nSPS) is 21.1. The van der Waals surface area contributed by atoms with Gasteiger partial charge in [0.25, 0.3) is 5.91 Å². The number of aryl methyl sites for hydroxylation is 2. The number of alkyl halides is 1. The van der Waals surface area contributed by atoms with Crippen molar-refractivity contribution in [2.24, 2.45) is 5.92 Å². The Labute approximate surface area is 167 Å². The third kappa shape index (κ3) is 5.31. The van der Waals surface area contributed by atoms with Gasteiger partial charge in [-0.3, -0.25) is 14.5 Å². The smallest absolute Gasteiger partial charge is 0.251 e. The van der Waals surface area contributed by atoms with Crippen molar-refractivity contribution >= 4 is 11.8 Å². The predicted molar refractivity (Wildman–Crippen MR) is 108 cm³/mol. The molecule has 2 heterocycles. The van der Waals surface area contributed by atoms with E-state index in [0.29, 0.717) is 31.1 Å². The number of hydrogen-bond donors (Lipinski definition) is 1. The summed E-state index contributed by atoms with van der Waals surface area (Å²) in [5.41, 5.74) is 2.90. The van der Waals surface area contributed by atoms with Crippen molar-refractivity contribution in [3.8, 4) is 0 Å². The summed E-state index contributed by atoms with van der Waals surface area (Å²) in [5.74, 6) is 0.476. The molecule has 0 aromatic heterocycles. The number of halogens is 1. The van der Waals surface area contributed by atoms with Crippen LogP contribution >= 0.6 is 0 Å². The highest BCUT2D eigenvalue weighted by atomic mass is 19.1. The molecule has 1 aromatic carbocycles. The molecular weight excluding hydrogens is 357 g/mol. The Balaban J connectivity index is 1.40. The van der Waals surface area contributed by atoms with E-state index in [4.69, 9.17) is 0 Å². The molecule has 5 nitrogen and oxygen atoms in total. The van der Waals surface area contributed by atoms with E-state index in [2.05, 4.69) is 16.3 Å². The zero-order valence-electron chi connectivity index (χ0n) is 17.0. The molecule has 2 aliphatic heterocycles. The largest absolute Gasteiger partial charge is 0.352 e. The van der Waals surface area contributed by atoms with E-state index in [0.717, 1.165) is 49.9 Å². The summed E-state index contributed by atoms with van der Waals surface area (Å²) < 4.78 is 13.0. The molecule has 1 atom stereocenters. The van der Waals surface area contributed by atoms with Gasteiger partial charge in [0.2, 0.25) is 5.91 Å². The molecule has 0 aliphatic carbocycles. The van der Waals surface area contributed by atoms with Gasteiger partial charge in [-0.05, 0) is 70.7 Å². The first-order valence-electron chi connectivity index (χ1n) is 10.4.